The fraction of sp³-hybridized carbons (Fsp3) is 0.412. The largest absolute Gasteiger partial charge is 0.383 e. The summed E-state index contributed by atoms with van der Waals surface area (Å²) in [7, 11) is 0. The van der Waals surface area contributed by atoms with Crippen LogP contribution in [-0.2, 0) is 0 Å². The molecule has 0 spiro atoms. The van der Waals surface area contributed by atoms with E-state index < -0.39 is 0 Å². The molecule has 1 aromatic carbocycles. The maximum absolute atomic E-state index is 6.13. The van der Waals surface area contributed by atoms with Gasteiger partial charge in [-0.25, -0.2) is 9.97 Å². The first-order valence-electron chi connectivity index (χ1n) is 7.53. The van der Waals surface area contributed by atoms with Gasteiger partial charge in [-0.1, -0.05) is 50.1 Å². The van der Waals surface area contributed by atoms with E-state index in [1.165, 1.54) is 25.7 Å². The molecule has 1 saturated carbocycles. The number of aromatic nitrogens is 2. The van der Waals surface area contributed by atoms with Crippen LogP contribution in [0.3, 0.4) is 0 Å². The highest BCUT2D eigenvalue weighted by Crippen LogP contribution is 2.36. The Labute approximate surface area is 139 Å². The second-order valence-electron chi connectivity index (χ2n) is 5.95. The maximum Gasteiger partial charge on any atom is 0.141 e. The van der Waals surface area contributed by atoms with E-state index in [1.54, 1.807) is 0 Å². The van der Waals surface area contributed by atoms with Gasteiger partial charge < -0.3 is 5.73 Å². The highest BCUT2D eigenvalue weighted by atomic mass is 127. The molecule has 1 aliphatic rings. The average molecular weight is 393 g/mol. The highest BCUT2D eigenvalue weighted by Gasteiger charge is 2.23. The lowest BCUT2D eigenvalue weighted by Gasteiger charge is -2.25. The lowest BCUT2D eigenvalue weighted by molar-refractivity contribution is 0.340. The summed E-state index contributed by atoms with van der Waals surface area (Å²) in [4.78, 5) is 9.42. The second kappa shape index (κ2) is 6.30. The summed E-state index contributed by atoms with van der Waals surface area (Å²) in [6.45, 7) is 2.33. The highest BCUT2D eigenvalue weighted by molar-refractivity contribution is 14.1. The van der Waals surface area contributed by atoms with Crippen molar-refractivity contribution in [1.82, 2.24) is 9.97 Å². The Morgan fingerprint density at radius 3 is 2.38 bits per heavy atom. The molecule has 2 N–H and O–H groups in total. The molecule has 0 unspecified atom stereocenters. The van der Waals surface area contributed by atoms with Crippen molar-refractivity contribution in [3.8, 4) is 11.3 Å². The van der Waals surface area contributed by atoms with Gasteiger partial charge in [0.05, 0.1) is 9.26 Å². The van der Waals surface area contributed by atoms with Crippen LogP contribution in [0.2, 0.25) is 0 Å². The molecule has 3 rings (SSSR count). The van der Waals surface area contributed by atoms with E-state index in [1.807, 2.05) is 18.2 Å². The number of nitrogens with two attached hydrogens (primary N) is 1. The molecule has 0 atom stereocenters. The van der Waals surface area contributed by atoms with Crippen molar-refractivity contribution in [3.63, 3.8) is 0 Å². The molecule has 1 aromatic heterocycles. The summed E-state index contributed by atoms with van der Waals surface area (Å²) in [6, 6.07) is 10.2. The average Bonchev–Trinajstić information content (AvgIpc) is 2.51. The van der Waals surface area contributed by atoms with Gasteiger partial charge in [0.2, 0.25) is 0 Å². The molecular formula is C17H20IN3. The van der Waals surface area contributed by atoms with Gasteiger partial charge >= 0.3 is 0 Å². The number of halogens is 1. The number of nitrogen functional groups attached to an aromatic ring is 1. The van der Waals surface area contributed by atoms with Gasteiger partial charge in [-0.2, -0.15) is 0 Å². The summed E-state index contributed by atoms with van der Waals surface area (Å²) in [6.07, 6.45) is 4.88. The van der Waals surface area contributed by atoms with Crippen molar-refractivity contribution in [2.75, 3.05) is 5.73 Å². The molecule has 3 nitrogen and oxygen atoms in total. The lowest BCUT2D eigenvalue weighted by atomic mass is 9.82. The first-order chi connectivity index (χ1) is 10.1. The summed E-state index contributed by atoms with van der Waals surface area (Å²) < 4.78 is 0.951. The van der Waals surface area contributed by atoms with Gasteiger partial charge in [-0.15, -0.1) is 0 Å². The molecule has 1 fully saturated rings. The van der Waals surface area contributed by atoms with Crippen molar-refractivity contribution in [2.24, 2.45) is 5.92 Å². The van der Waals surface area contributed by atoms with Crippen LogP contribution in [0.25, 0.3) is 11.3 Å². The third-order valence-corrected chi connectivity index (χ3v) is 5.39. The monoisotopic (exact) mass is 393 g/mol. The van der Waals surface area contributed by atoms with Gasteiger partial charge in [0.15, 0.2) is 0 Å². The van der Waals surface area contributed by atoms with Crippen LogP contribution in [0, 0.1) is 9.49 Å². The van der Waals surface area contributed by atoms with Crippen molar-refractivity contribution in [2.45, 2.75) is 38.5 Å². The molecular weight excluding hydrogens is 373 g/mol. The van der Waals surface area contributed by atoms with Crippen LogP contribution in [-0.4, -0.2) is 9.97 Å². The van der Waals surface area contributed by atoms with Crippen molar-refractivity contribution in [1.29, 1.82) is 0 Å². The molecule has 0 bridgehead atoms. The predicted octanol–water partition coefficient (Wildman–Crippen LogP) is 4.62. The number of hydrogen-bond acceptors (Lipinski definition) is 3. The van der Waals surface area contributed by atoms with Gasteiger partial charge in [0.1, 0.15) is 11.6 Å². The summed E-state index contributed by atoms with van der Waals surface area (Å²) in [5, 5.41) is 0. The van der Waals surface area contributed by atoms with Gasteiger partial charge in [0, 0.05) is 11.5 Å². The van der Waals surface area contributed by atoms with E-state index in [4.69, 9.17) is 10.7 Å². The van der Waals surface area contributed by atoms with Crippen LogP contribution in [0.5, 0.6) is 0 Å². The first kappa shape index (κ1) is 14.8. The Hall–Kier alpha value is -1.17. The molecule has 0 aliphatic heterocycles. The SMILES string of the molecule is CC1CCC(c2nc(N)c(I)c(-c3ccccc3)n2)CC1. The van der Waals surface area contributed by atoms with E-state index in [0.717, 1.165) is 26.6 Å². The van der Waals surface area contributed by atoms with Crippen LogP contribution in [0.1, 0.15) is 44.3 Å². The Balaban J connectivity index is 1.98. The third-order valence-electron chi connectivity index (χ3n) is 4.32. The van der Waals surface area contributed by atoms with Crippen molar-refractivity contribution < 1.29 is 0 Å². The zero-order valence-corrected chi connectivity index (χ0v) is 14.4. The molecule has 0 radical (unpaired) electrons. The van der Waals surface area contributed by atoms with E-state index in [-0.39, 0.29) is 0 Å². The third kappa shape index (κ3) is 3.20. The topological polar surface area (TPSA) is 51.8 Å². The van der Waals surface area contributed by atoms with E-state index in [2.05, 4.69) is 46.6 Å². The molecule has 1 aliphatic carbocycles. The molecule has 4 heteroatoms. The zero-order chi connectivity index (χ0) is 14.8. The number of hydrogen-bond donors (Lipinski definition) is 1. The van der Waals surface area contributed by atoms with Crippen LogP contribution in [0.4, 0.5) is 5.82 Å². The standard InChI is InChI=1S/C17H20IN3/c1-11-7-9-13(10-8-11)17-20-15(14(18)16(19)21-17)12-5-3-2-4-6-12/h2-6,11,13H,7-10H2,1H3,(H2,19,20,21). The van der Waals surface area contributed by atoms with Crippen LogP contribution in [0.15, 0.2) is 30.3 Å². The molecule has 21 heavy (non-hydrogen) atoms. The number of anilines is 1. The molecule has 0 amide bonds. The van der Waals surface area contributed by atoms with Crippen molar-refractivity contribution in [3.05, 3.63) is 39.7 Å². The Kier molecular flexibility index (Phi) is 4.42. The minimum absolute atomic E-state index is 0.461. The number of benzene rings is 1. The van der Waals surface area contributed by atoms with E-state index in [9.17, 15) is 0 Å². The summed E-state index contributed by atoms with van der Waals surface area (Å²) in [5.74, 6) is 2.83. The van der Waals surface area contributed by atoms with Gasteiger partial charge in [-0.3, -0.25) is 0 Å². The van der Waals surface area contributed by atoms with Crippen LogP contribution < -0.4 is 5.73 Å². The zero-order valence-electron chi connectivity index (χ0n) is 12.2. The summed E-state index contributed by atoms with van der Waals surface area (Å²) in [5.41, 5.74) is 8.22. The van der Waals surface area contributed by atoms with Crippen molar-refractivity contribution >= 4 is 28.4 Å². The van der Waals surface area contributed by atoms with E-state index in [0.29, 0.717) is 11.7 Å². The first-order valence-corrected chi connectivity index (χ1v) is 8.61. The molecule has 0 saturated heterocycles. The minimum Gasteiger partial charge on any atom is -0.383 e. The Morgan fingerprint density at radius 2 is 1.71 bits per heavy atom. The fourth-order valence-corrected chi connectivity index (χ4v) is 3.52. The Bertz CT molecular complexity index is 619. The molecule has 2 aromatic rings. The quantitative estimate of drug-likeness (QED) is 0.758. The second-order valence-corrected chi connectivity index (χ2v) is 7.03. The van der Waals surface area contributed by atoms with Crippen LogP contribution >= 0.6 is 22.6 Å². The summed E-state index contributed by atoms with van der Waals surface area (Å²) >= 11 is 2.25. The molecule has 110 valence electrons. The number of rotatable bonds is 2. The molecule has 1 heterocycles. The normalized spacial score (nSPS) is 22.2. The predicted molar refractivity (Wildman–Crippen MR) is 95.0 cm³/mol. The Morgan fingerprint density at radius 1 is 1.05 bits per heavy atom. The minimum atomic E-state index is 0.461. The fourth-order valence-electron chi connectivity index (χ4n) is 2.97. The van der Waals surface area contributed by atoms with Gasteiger partial charge in [0.25, 0.3) is 0 Å². The van der Waals surface area contributed by atoms with Gasteiger partial charge in [-0.05, 0) is 41.4 Å². The smallest absolute Gasteiger partial charge is 0.141 e. The maximum atomic E-state index is 6.13. The van der Waals surface area contributed by atoms with E-state index >= 15 is 0 Å². The lowest BCUT2D eigenvalue weighted by Crippen LogP contribution is -2.15. The number of nitrogens with zero attached hydrogens (tertiary/aromatic N) is 2.